The molecular weight excluding hydrogens is 220 g/mol. The summed E-state index contributed by atoms with van der Waals surface area (Å²) >= 11 is 0. The van der Waals surface area contributed by atoms with E-state index < -0.39 is 0 Å². The zero-order valence-electron chi connectivity index (χ0n) is 10.4. The van der Waals surface area contributed by atoms with E-state index in [1.54, 1.807) is 6.92 Å². The number of hydrogen-bond donors (Lipinski definition) is 1. The van der Waals surface area contributed by atoms with E-state index in [1.807, 2.05) is 7.05 Å². The summed E-state index contributed by atoms with van der Waals surface area (Å²) < 4.78 is 27.5. The highest BCUT2D eigenvalue weighted by atomic mass is 19.1. The second kappa shape index (κ2) is 5.13. The van der Waals surface area contributed by atoms with Crippen LogP contribution in [-0.4, -0.2) is 7.05 Å². The van der Waals surface area contributed by atoms with E-state index in [1.165, 1.54) is 25.0 Å². The van der Waals surface area contributed by atoms with E-state index in [9.17, 15) is 8.78 Å². The smallest absolute Gasteiger partial charge is 0.128 e. The molecule has 0 bridgehead atoms. The Labute approximate surface area is 101 Å². The molecule has 1 nitrogen and oxygen atoms in total. The van der Waals surface area contributed by atoms with Crippen LogP contribution in [0.15, 0.2) is 12.1 Å². The Morgan fingerprint density at radius 1 is 1.18 bits per heavy atom. The first-order valence-corrected chi connectivity index (χ1v) is 6.26. The first-order chi connectivity index (χ1) is 8.13. The lowest BCUT2D eigenvalue weighted by molar-refractivity contribution is 0.376. The van der Waals surface area contributed by atoms with Gasteiger partial charge in [0.15, 0.2) is 0 Å². The molecule has 3 heteroatoms. The van der Waals surface area contributed by atoms with Gasteiger partial charge in [-0.05, 0) is 50.4 Å². The average Bonchev–Trinajstić information content (AvgIpc) is 2.80. The van der Waals surface area contributed by atoms with Crippen LogP contribution in [0.3, 0.4) is 0 Å². The SMILES string of the molecule is CNC(c1cc(F)c(C)cc1F)C1CCCC1. The molecule has 2 rings (SSSR count). The summed E-state index contributed by atoms with van der Waals surface area (Å²) in [7, 11) is 1.82. The maximum atomic E-state index is 13.9. The molecule has 1 aromatic rings. The summed E-state index contributed by atoms with van der Waals surface area (Å²) in [6.07, 6.45) is 4.58. The summed E-state index contributed by atoms with van der Waals surface area (Å²) in [5, 5.41) is 3.14. The third kappa shape index (κ3) is 2.49. The number of halogens is 2. The van der Waals surface area contributed by atoms with Gasteiger partial charge in [-0.15, -0.1) is 0 Å². The van der Waals surface area contributed by atoms with Crippen LogP contribution in [0.4, 0.5) is 8.78 Å². The van der Waals surface area contributed by atoms with Gasteiger partial charge in [0.2, 0.25) is 0 Å². The van der Waals surface area contributed by atoms with Crippen LogP contribution in [0.1, 0.15) is 42.9 Å². The predicted octanol–water partition coefficient (Wildman–Crippen LogP) is 3.72. The predicted molar refractivity (Wildman–Crippen MR) is 64.9 cm³/mol. The summed E-state index contributed by atoms with van der Waals surface area (Å²) in [6.45, 7) is 1.59. The molecule has 0 radical (unpaired) electrons. The highest BCUT2D eigenvalue weighted by molar-refractivity contribution is 5.28. The van der Waals surface area contributed by atoms with Gasteiger partial charge in [0.05, 0.1) is 0 Å². The minimum atomic E-state index is -0.320. The fourth-order valence-electron chi connectivity index (χ4n) is 2.84. The largest absolute Gasteiger partial charge is 0.313 e. The topological polar surface area (TPSA) is 12.0 Å². The van der Waals surface area contributed by atoms with Crippen molar-refractivity contribution in [2.75, 3.05) is 7.05 Å². The van der Waals surface area contributed by atoms with Gasteiger partial charge in [0.1, 0.15) is 11.6 Å². The lowest BCUT2D eigenvalue weighted by Crippen LogP contribution is -2.25. The summed E-state index contributed by atoms with van der Waals surface area (Å²) in [5.74, 6) is -0.189. The zero-order valence-corrected chi connectivity index (χ0v) is 10.4. The third-order valence-corrected chi connectivity index (χ3v) is 3.80. The number of hydrogen-bond acceptors (Lipinski definition) is 1. The van der Waals surface area contributed by atoms with Crippen LogP contribution in [0.25, 0.3) is 0 Å². The summed E-state index contributed by atoms with van der Waals surface area (Å²) in [5.41, 5.74) is 0.843. The van der Waals surface area contributed by atoms with Crippen molar-refractivity contribution in [2.45, 2.75) is 38.6 Å². The van der Waals surface area contributed by atoms with Gasteiger partial charge in [-0.2, -0.15) is 0 Å². The highest BCUT2D eigenvalue weighted by Crippen LogP contribution is 2.36. The molecular formula is C14H19F2N. The number of rotatable bonds is 3. The maximum Gasteiger partial charge on any atom is 0.128 e. The first-order valence-electron chi connectivity index (χ1n) is 6.26. The van der Waals surface area contributed by atoms with Gasteiger partial charge in [0, 0.05) is 11.6 Å². The van der Waals surface area contributed by atoms with E-state index in [0.29, 0.717) is 17.0 Å². The van der Waals surface area contributed by atoms with Gasteiger partial charge in [-0.25, -0.2) is 8.78 Å². The molecule has 0 saturated heterocycles. The monoisotopic (exact) mass is 239 g/mol. The van der Waals surface area contributed by atoms with Crippen molar-refractivity contribution in [3.63, 3.8) is 0 Å². The van der Waals surface area contributed by atoms with Gasteiger partial charge < -0.3 is 5.32 Å². The maximum absolute atomic E-state index is 13.9. The van der Waals surface area contributed by atoms with Crippen LogP contribution in [0.5, 0.6) is 0 Å². The van der Waals surface area contributed by atoms with Crippen molar-refractivity contribution < 1.29 is 8.78 Å². The average molecular weight is 239 g/mol. The first kappa shape index (κ1) is 12.5. The molecule has 1 aliphatic rings. The molecule has 1 N–H and O–H groups in total. The molecule has 1 aromatic carbocycles. The highest BCUT2D eigenvalue weighted by Gasteiger charge is 2.27. The lowest BCUT2D eigenvalue weighted by atomic mass is 9.91. The molecule has 1 unspecified atom stereocenters. The Balaban J connectivity index is 2.32. The molecule has 0 aromatic heterocycles. The van der Waals surface area contributed by atoms with Gasteiger partial charge in [-0.1, -0.05) is 12.8 Å². The molecule has 0 spiro atoms. The fourth-order valence-corrected chi connectivity index (χ4v) is 2.84. The van der Waals surface area contributed by atoms with Crippen LogP contribution < -0.4 is 5.32 Å². The van der Waals surface area contributed by atoms with E-state index in [-0.39, 0.29) is 17.7 Å². The molecule has 1 aliphatic carbocycles. The van der Waals surface area contributed by atoms with Crippen LogP contribution in [-0.2, 0) is 0 Å². The molecule has 94 valence electrons. The van der Waals surface area contributed by atoms with Crippen molar-refractivity contribution >= 4 is 0 Å². The zero-order chi connectivity index (χ0) is 12.4. The number of benzene rings is 1. The minimum Gasteiger partial charge on any atom is -0.313 e. The van der Waals surface area contributed by atoms with Crippen LogP contribution in [0.2, 0.25) is 0 Å². The molecule has 0 heterocycles. The lowest BCUT2D eigenvalue weighted by Gasteiger charge is -2.24. The van der Waals surface area contributed by atoms with Crippen molar-refractivity contribution in [3.8, 4) is 0 Å². The standard InChI is InChI=1S/C14H19F2N/c1-9-7-13(16)11(8-12(9)15)14(17-2)10-5-3-4-6-10/h7-8,10,14,17H,3-6H2,1-2H3. The third-order valence-electron chi connectivity index (χ3n) is 3.80. The van der Waals surface area contributed by atoms with E-state index in [0.717, 1.165) is 12.8 Å². The Hall–Kier alpha value is -0.960. The minimum absolute atomic E-state index is 0.0624. The fraction of sp³-hybridized carbons (Fsp3) is 0.571. The molecule has 0 aliphatic heterocycles. The van der Waals surface area contributed by atoms with E-state index in [2.05, 4.69) is 5.32 Å². The number of aryl methyl sites for hydroxylation is 1. The van der Waals surface area contributed by atoms with Crippen LogP contribution in [0, 0.1) is 24.5 Å². The molecule has 0 amide bonds. The second-order valence-corrected chi connectivity index (χ2v) is 4.93. The van der Waals surface area contributed by atoms with Gasteiger partial charge in [0.25, 0.3) is 0 Å². The van der Waals surface area contributed by atoms with Crippen molar-refractivity contribution in [1.29, 1.82) is 0 Å². The van der Waals surface area contributed by atoms with Gasteiger partial charge in [-0.3, -0.25) is 0 Å². The van der Waals surface area contributed by atoms with Gasteiger partial charge >= 0.3 is 0 Å². The van der Waals surface area contributed by atoms with Crippen LogP contribution >= 0.6 is 0 Å². The Morgan fingerprint density at radius 3 is 2.41 bits per heavy atom. The summed E-state index contributed by atoms with van der Waals surface area (Å²) in [6, 6.07) is 2.58. The van der Waals surface area contributed by atoms with E-state index >= 15 is 0 Å². The normalized spacial score (nSPS) is 18.6. The van der Waals surface area contributed by atoms with Crippen molar-refractivity contribution in [2.24, 2.45) is 5.92 Å². The molecule has 1 fully saturated rings. The molecule has 1 atom stereocenters. The number of nitrogens with one attached hydrogen (secondary N) is 1. The second-order valence-electron chi connectivity index (χ2n) is 4.93. The quantitative estimate of drug-likeness (QED) is 0.847. The Kier molecular flexibility index (Phi) is 3.77. The van der Waals surface area contributed by atoms with Crippen molar-refractivity contribution in [1.82, 2.24) is 5.32 Å². The van der Waals surface area contributed by atoms with Crippen molar-refractivity contribution in [3.05, 3.63) is 34.9 Å². The Morgan fingerprint density at radius 2 is 1.82 bits per heavy atom. The molecule has 17 heavy (non-hydrogen) atoms. The summed E-state index contributed by atoms with van der Waals surface area (Å²) in [4.78, 5) is 0. The van der Waals surface area contributed by atoms with E-state index in [4.69, 9.17) is 0 Å². The Bertz CT molecular complexity index is 397. The molecule has 1 saturated carbocycles.